The van der Waals surface area contributed by atoms with Gasteiger partial charge in [0.2, 0.25) is 5.91 Å². The number of primary amides is 1. The van der Waals surface area contributed by atoms with Gasteiger partial charge >= 0.3 is 0 Å². The molecule has 3 aromatic rings. The average Bonchev–Trinajstić information content (AvgIpc) is 3.40. The van der Waals surface area contributed by atoms with E-state index in [1.165, 1.54) is 0 Å². The maximum atomic E-state index is 12.9. The number of hydrogen-bond acceptors (Lipinski definition) is 5. The number of nitrogens with zero attached hydrogens (tertiary/aromatic N) is 5. The molecule has 0 saturated carbocycles. The summed E-state index contributed by atoms with van der Waals surface area (Å²) in [5.74, 6) is 0.526. The van der Waals surface area contributed by atoms with Crippen LogP contribution in [-0.2, 0) is 6.42 Å². The molecule has 1 aliphatic rings. The van der Waals surface area contributed by atoms with Crippen molar-refractivity contribution < 1.29 is 9.59 Å². The van der Waals surface area contributed by atoms with Gasteiger partial charge in [0, 0.05) is 30.4 Å². The molecule has 0 radical (unpaired) electrons. The maximum Gasteiger partial charge on any atom is 0.254 e. The molecule has 0 unspecified atom stereocenters. The molecule has 3 heterocycles. The van der Waals surface area contributed by atoms with Gasteiger partial charge in [-0.3, -0.25) is 14.2 Å². The molecular weight excluding hydrogens is 356 g/mol. The van der Waals surface area contributed by atoms with E-state index in [0.717, 1.165) is 18.4 Å². The Morgan fingerprint density at radius 3 is 2.71 bits per heavy atom. The highest BCUT2D eigenvalue weighted by Crippen LogP contribution is 2.23. The van der Waals surface area contributed by atoms with Crippen molar-refractivity contribution in [2.24, 2.45) is 11.7 Å². The lowest BCUT2D eigenvalue weighted by Gasteiger charge is -2.17. The Kier molecular flexibility index (Phi) is 4.84. The molecular formula is C20H20N6O2. The summed E-state index contributed by atoms with van der Waals surface area (Å²) in [4.78, 5) is 30.4. The lowest BCUT2D eigenvalue weighted by molar-refractivity contribution is 0.0786. The fourth-order valence-electron chi connectivity index (χ4n) is 3.56. The van der Waals surface area contributed by atoms with Crippen LogP contribution in [0.15, 0.2) is 55.2 Å². The molecule has 28 heavy (non-hydrogen) atoms. The van der Waals surface area contributed by atoms with Crippen LogP contribution in [0.5, 0.6) is 0 Å². The highest BCUT2D eigenvalue weighted by Gasteiger charge is 2.27. The Bertz CT molecular complexity index is 1000. The number of nitrogens with two attached hydrogens (primary N) is 1. The monoisotopic (exact) mass is 376 g/mol. The first kappa shape index (κ1) is 17.8. The minimum absolute atomic E-state index is 0.00916. The minimum Gasteiger partial charge on any atom is -0.366 e. The predicted octanol–water partition coefficient (Wildman–Crippen LogP) is 1.47. The summed E-state index contributed by atoms with van der Waals surface area (Å²) >= 11 is 0. The topological polar surface area (TPSA) is 107 Å². The van der Waals surface area contributed by atoms with Crippen molar-refractivity contribution in [2.75, 3.05) is 13.1 Å². The molecule has 2 aromatic heterocycles. The Hall–Kier alpha value is -3.55. The predicted molar refractivity (Wildman–Crippen MR) is 102 cm³/mol. The van der Waals surface area contributed by atoms with Gasteiger partial charge in [-0.15, -0.1) is 10.2 Å². The molecule has 1 aromatic carbocycles. The fraction of sp³-hybridized carbons (Fsp3) is 0.250. The van der Waals surface area contributed by atoms with Crippen molar-refractivity contribution in [1.82, 2.24) is 24.6 Å². The molecule has 142 valence electrons. The van der Waals surface area contributed by atoms with Gasteiger partial charge < -0.3 is 10.6 Å². The van der Waals surface area contributed by atoms with Crippen LogP contribution in [0.2, 0.25) is 0 Å². The molecule has 1 aliphatic heterocycles. The zero-order valence-corrected chi connectivity index (χ0v) is 15.2. The molecule has 0 spiro atoms. The van der Waals surface area contributed by atoms with E-state index < -0.39 is 5.91 Å². The molecule has 1 saturated heterocycles. The number of carbonyl (C=O) groups is 2. The number of likely N-dealkylation sites (tertiary alicyclic amines) is 1. The van der Waals surface area contributed by atoms with Gasteiger partial charge in [-0.25, -0.2) is 4.98 Å². The second-order valence-corrected chi connectivity index (χ2v) is 6.95. The number of amides is 2. The van der Waals surface area contributed by atoms with Crippen LogP contribution < -0.4 is 5.73 Å². The largest absolute Gasteiger partial charge is 0.366 e. The van der Waals surface area contributed by atoms with Crippen molar-refractivity contribution in [2.45, 2.75) is 12.8 Å². The van der Waals surface area contributed by atoms with Crippen LogP contribution in [0.3, 0.4) is 0 Å². The van der Waals surface area contributed by atoms with Crippen molar-refractivity contribution in [3.05, 3.63) is 71.9 Å². The second kappa shape index (κ2) is 7.59. The average molecular weight is 376 g/mol. The van der Waals surface area contributed by atoms with E-state index >= 15 is 0 Å². The Balaban J connectivity index is 1.43. The van der Waals surface area contributed by atoms with Gasteiger partial charge in [0.25, 0.3) is 5.91 Å². The third kappa shape index (κ3) is 3.75. The second-order valence-electron chi connectivity index (χ2n) is 6.95. The summed E-state index contributed by atoms with van der Waals surface area (Å²) in [6.07, 6.45) is 6.44. The molecule has 0 bridgehead atoms. The van der Waals surface area contributed by atoms with Gasteiger partial charge in [-0.1, -0.05) is 12.1 Å². The molecule has 8 nitrogen and oxygen atoms in total. The Morgan fingerprint density at radius 1 is 1.11 bits per heavy atom. The normalized spacial score (nSPS) is 16.3. The number of pyridine rings is 1. The van der Waals surface area contributed by atoms with Gasteiger partial charge in [-0.2, -0.15) is 0 Å². The maximum absolute atomic E-state index is 12.9. The van der Waals surface area contributed by atoms with Crippen LogP contribution in [-0.4, -0.2) is 49.6 Å². The third-order valence-electron chi connectivity index (χ3n) is 4.98. The van der Waals surface area contributed by atoms with Crippen LogP contribution >= 0.6 is 0 Å². The van der Waals surface area contributed by atoms with Crippen LogP contribution in [0.25, 0.3) is 5.82 Å². The fourth-order valence-corrected chi connectivity index (χ4v) is 3.56. The first-order valence-electron chi connectivity index (χ1n) is 9.09. The molecule has 2 N–H and O–H groups in total. The zero-order valence-electron chi connectivity index (χ0n) is 15.2. The first-order valence-corrected chi connectivity index (χ1v) is 9.09. The summed E-state index contributed by atoms with van der Waals surface area (Å²) in [6.45, 7) is 1.40. The number of aromatic nitrogens is 4. The number of hydrogen-bond donors (Lipinski definition) is 1. The van der Waals surface area contributed by atoms with Gasteiger partial charge in [0.1, 0.15) is 18.5 Å². The lowest BCUT2D eigenvalue weighted by atomic mass is 9.97. The number of rotatable bonds is 5. The molecule has 1 fully saturated rings. The smallest absolute Gasteiger partial charge is 0.254 e. The zero-order chi connectivity index (χ0) is 19.5. The summed E-state index contributed by atoms with van der Waals surface area (Å²) in [5, 5.41) is 7.53. The van der Waals surface area contributed by atoms with E-state index in [0.29, 0.717) is 36.0 Å². The van der Waals surface area contributed by atoms with Crippen LogP contribution in [0, 0.1) is 5.92 Å². The quantitative estimate of drug-likeness (QED) is 0.725. The van der Waals surface area contributed by atoms with Crippen molar-refractivity contribution in [3.63, 3.8) is 0 Å². The summed E-state index contributed by atoms with van der Waals surface area (Å²) in [5.41, 5.74) is 7.53. The molecule has 2 amide bonds. The van der Waals surface area contributed by atoms with Crippen molar-refractivity contribution >= 4 is 11.8 Å². The van der Waals surface area contributed by atoms with E-state index in [1.54, 1.807) is 41.6 Å². The Morgan fingerprint density at radius 2 is 1.93 bits per heavy atom. The van der Waals surface area contributed by atoms with E-state index in [9.17, 15) is 9.59 Å². The highest BCUT2D eigenvalue weighted by atomic mass is 16.2. The summed E-state index contributed by atoms with van der Waals surface area (Å²) in [6, 6.07) is 10.9. The van der Waals surface area contributed by atoms with Gasteiger partial charge in [0.05, 0.1) is 0 Å². The van der Waals surface area contributed by atoms with Gasteiger partial charge in [0.15, 0.2) is 0 Å². The molecule has 8 heteroatoms. The summed E-state index contributed by atoms with van der Waals surface area (Å²) in [7, 11) is 0. The standard InChI is InChI=1S/C20H20N6O2/c21-19(27)16-3-1-2-14(9-16)8-15-5-7-25(11-15)20(28)17-4-6-22-18(10-17)26-12-23-24-13-26/h1-4,6,9-10,12-13,15H,5,7-8,11H2,(H2,21,27)/t15-/m0/s1. The summed E-state index contributed by atoms with van der Waals surface area (Å²) < 4.78 is 1.66. The van der Waals surface area contributed by atoms with E-state index in [-0.39, 0.29) is 5.91 Å². The first-order chi connectivity index (χ1) is 13.6. The third-order valence-corrected chi connectivity index (χ3v) is 4.98. The van der Waals surface area contributed by atoms with E-state index in [1.807, 2.05) is 23.1 Å². The SMILES string of the molecule is NC(=O)c1cccc(C[C@@H]2CCN(C(=O)c3ccnc(-n4cnnc4)c3)C2)c1. The van der Waals surface area contributed by atoms with Crippen molar-refractivity contribution in [1.29, 1.82) is 0 Å². The molecule has 1 atom stereocenters. The Labute approximate surface area is 162 Å². The number of carbonyl (C=O) groups excluding carboxylic acids is 2. The van der Waals surface area contributed by atoms with Crippen LogP contribution in [0.1, 0.15) is 32.7 Å². The van der Waals surface area contributed by atoms with Crippen LogP contribution in [0.4, 0.5) is 0 Å². The lowest BCUT2D eigenvalue weighted by Crippen LogP contribution is -2.29. The van der Waals surface area contributed by atoms with Gasteiger partial charge in [-0.05, 0) is 48.6 Å². The highest BCUT2D eigenvalue weighted by molar-refractivity contribution is 5.94. The molecule has 4 rings (SSSR count). The van der Waals surface area contributed by atoms with E-state index in [4.69, 9.17) is 5.73 Å². The molecule has 0 aliphatic carbocycles. The number of benzene rings is 1. The van der Waals surface area contributed by atoms with E-state index in [2.05, 4.69) is 15.2 Å². The van der Waals surface area contributed by atoms with Crippen molar-refractivity contribution in [3.8, 4) is 5.82 Å². The minimum atomic E-state index is -0.424.